The molecular weight excluding hydrogens is 204 g/mol. The molecule has 1 aliphatic rings. The Bertz CT molecular complexity index is 206. The molecule has 88 valence electrons. The fourth-order valence-electron chi connectivity index (χ4n) is 2.50. The third-order valence-corrected chi connectivity index (χ3v) is 3.87. The molecule has 0 spiro atoms. The first-order chi connectivity index (χ1) is 7.13. The van der Waals surface area contributed by atoms with Gasteiger partial charge in [-0.15, -0.1) is 0 Å². The molecule has 1 aliphatic carbocycles. The van der Waals surface area contributed by atoms with Crippen molar-refractivity contribution in [2.24, 2.45) is 11.7 Å². The second-order valence-electron chi connectivity index (χ2n) is 4.79. The quantitative estimate of drug-likeness (QED) is 0.733. The van der Waals surface area contributed by atoms with Crippen molar-refractivity contribution in [3.05, 3.63) is 0 Å². The molecule has 0 radical (unpaired) electrons. The van der Waals surface area contributed by atoms with Gasteiger partial charge in [-0.3, -0.25) is 0 Å². The molecule has 2 unspecified atom stereocenters. The molecule has 0 aromatic heterocycles. The summed E-state index contributed by atoms with van der Waals surface area (Å²) in [5.74, 6) is 0.941. The molecule has 1 fully saturated rings. The highest BCUT2D eigenvalue weighted by Crippen LogP contribution is 2.29. The molecule has 0 saturated heterocycles. The molecule has 1 saturated carbocycles. The summed E-state index contributed by atoms with van der Waals surface area (Å²) in [6.07, 6.45) is 7.73. The molecule has 0 aromatic rings. The number of rotatable bonds is 5. The van der Waals surface area contributed by atoms with E-state index in [9.17, 15) is 0 Å². The monoisotopic (exact) mass is 228 g/mol. The van der Waals surface area contributed by atoms with E-state index in [1.54, 1.807) is 0 Å². The first-order valence-corrected chi connectivity index (χ1v) is 6.52. The Labute approximate surface area is 99.2 Å². The van der Waals surface area contributed by atoms with E-state index in [2.05, 4.69) is 18.9 Å². The van der Waals surface area contributed by atoms with Crippen LogP contribution in [0.3, 0.4) is 0 Å². The molecular formula is C12H24N2S. The van der Waals surface area contributed by atoms with E-state index in [1.807, 2.05) is 0 Å². The average molecular weight is 228 g/mol. The number of nitrogens with zero attached hydrogens (tertiary/aromatic N) is 1. The fourth-order valence-corrected chi connectivity index (χ4v) is 2.59. The van der Waals surface area contributed by atoms with Gasteiger partial charge in [-0.2, -0.15) is 0 Å². The van der Waals surface area contributed by atoms with Gasteiger partial charge in [-0.05, 0) is 25.8 Å². The minimum absolute atomic E-state index is 0.643. The number of hydrogen-bond donors (Lipinski definition) is 1. The summed E-state index contributed by atoms with van der Waals surface area (Å²) >= 11 is 4.91. The summed E-state index contributed by atoms with van der Waals surface area (Å²) in [6.45, 7) is 3.33. The molecule has 0 amide bonds. The highest BCUT2D eigenvalue weighted by atomic mass is 32.1. The highest BCUT2D eigenvalue weighted by molar-refractivity contribution is 7.80. The predicted octanol–water partition coefficient (Wildman–Crippen LogP) is 2.56. The number of nitrogens with two attached hydrogens (primary N) is 1. The van der Waals surface area contributed by atoms with Crippen LogP contribution in [0.2, 0.25) is 0 Å². The standard InChI is InChI=1S/C12H24N2S/c1-3-10-5-4-6-11(9-10)14(2)8-7-12(13)15/h10-11H,3-9H2,1-2H3,(H2,13,15). The maximum absolute atomic E-state index is 5.53. The largest absolute Gasteiger partial charge is 0.393 e. The Morgan fingerprint density at radius 1 is 1.47 bits per heavy atom. The number of thiocarbonyl (C=S) groups is 1. The zero-order chi connectivity index (χ0) is 11.3. The molecule has 0 aliphatic heterocycles. The minimum atomic E-state index is 0.643. The van der Waals surface area contributed by atoms with Crippen LogP contribution in [-0.2, 0) is 0 Å². The second kappa shape index (κ2) is 6.44. The molecule has 0 aromatic carbocycles. The van der Waals surface area contributed by atoms with Crippen molar-refractivity contribution in [2.75, 3.05) is 13.6 Å². The summed E-state index contributed by atoms with van der Waals surface area (Å²) in [4.78, 5) is 3.09. The second-order valence-corrected chi connectivity index (χ2v) is 5.32. The topological polar surface area (TPSA) is 29.3 Å². The lowest BCUT2D eigenvalue weighted by molar-refractivity contribution is 0.159. The average Bonchev–Trinajstić information content (AvgIpc) is 2.26. The Morgan fingerprint density at radius 2 is 2.20 bits per heavy atom. The zero-order valence-corrected chi connectivity index (χ0v) is 10.9. The molecule has 0 heterocycles. The normalized spacial score (nSPS) is 26.9. The summed E-state index contributed by atoms with van der Waals surface area (Å²) < 4.78 is 0. The van der Waals surface area contributed by atoms with Crippen molar-refractivity contribution in [3.8, 4) is 0 Å². The van der Waals surface area contributed by atoms with Crippen LogP contribution in [0, 0.1) is 5.92 Å². The van der Waals surface area contributed by atoms with Crippen LogP contribution >= 0.6 is 12.2 Å². The van der Waals surface area contributed by atoms with E-state index in [0.717, 1.165) is 24.9 Å². The smallest absolute Gasteiger partial charge is 0.0740 e. The van der Waals surface area contributed by atoms with Gasteiger partial charge >= 0.3 is 0 Å². The van der Waals surface area contributed by atoms with Gasteiger partial charge in [0.05, 0.1) is 4.99 Å². The van der Waals surface area contributed by atoms with Crippen molar-refractivity contribution >= 4 is 17.2 Å². The third kappa shape index (κ3) is 4.47. The first kappa shape index (κ1) is 12.9. The lowest BCUT2D eigenvalue weighted by Gasteiger charge is -2.35. The summed E-state index contributed by atoms with van der Waals surface area (Å²) in [6, 6.07) is 0.762. The van der Waals surface area contributed by atoms with E-state index < -0.39 is 0 Å². The summed E-state index contributed by atoms with van der Waals surface area (Å²) in [7, 11) is 2.21. The van der Waals surface area contributed by atoms with Crippen LogP contribution < -0.4 is 5.73 Å². The Balaban J connectivity index is 2.31. The third-order valence-electron chi connectivity index (χ3n) is 3.67. The maximum Gasteiger partial charge on any atom is 0.0740 e. The fraction of sp³-hybridized carbons (Fsp3) is 0.917. The first-order valence-electron chi connectivity index (χ1n) is 6.12. The van der Waals surface area contributed by atoms with Gasteiger partial charge in [0, 0.05) is 19.0 Å². The zero-order valence-electron chi connectivity index (χ0n) is 10.0. The molecule has 0 bridgehead atoms. The van der Waals surface area contributed by atoms with E-state index >= 15 is 0 Å². The van der Waals surface area contributed by atoms with Gasteiger partial charge in [-0.25, -0.2) is 0 Å². The predicted molar refractivity (Wildman–Crippen MR) is 70.1 cm³/mol. The molecule has 2 N–H and O–H groups in total. The lowest BCUT2D eigenvalue weighted by Crippen LogP contribution is -2.37. The number of hydrogen-bond acceptors (Lipinski definition) is 2. The van der Waals surface area contributed by atoms with Crippen LogP contribution in [0.5, 0.6) is 0 Å². The van der Waals surface area contributed by atoms with Crippen LogP contribution in [0.4, 0.5) is 0 Å². The van der Waals surface area contributed by atoms with Crippen molar-refractivity contribution in [1.82, 2.24) is 4.90 Å². The van der Waals surface area contributed by atoms with Crippen LogP contribution in [0.1, 0.15) is 45.4 Å². The molecule has 2 atom stereocenters. The van der Waals surface area contributed by atoms with Crippen molar-refractivity contribution in [3.63, 3.8) is 0 Å². The van der Waals surface area contributed by atoms with Gasteiger partial charge in [0.15, 0.2) is 0 Å². The van der Waals surface area contributed by atoms with Gasteiger partial charge in [0.1, 0.15) is 0 Å². The van der Waals surface area contributed by atoms with Crippen LogP contribution in [0.15, 0.2) is 0 Å². The van der Waals surface area contributed by atoms with Gasteiger partial charge in [-0.1, -0.05) is 38.4 Å². The van der Waals surface area contributed by atoms with Gasteiger partial charge in [0.2, 0.25) is 0 Å². The van der Waals surface area contributed by atoms with Crippen molar-refractivity contribution in [1.29, 1.82) is 0 Å². The Kier molecular flexibility index (Phi) is 5.54. The van der Waals surface area contributed by atoms with Crippen molar-refractivity contribution < 1.29 is 0 Å². The minimum Gasteiger partial charge on any atom is -0.393 e. The maximum atomic E-state index is 5.53. The summed E-state index contributed by atoms with van der Waals surface area (Å²) in [5.41, 5.74) is 5.53. The van der Waals surface area contributed by atoms with E-state index in [-0.39, 0.29) is 0 Å². The lowest BCUT2D eigenvalue weighted by atomic mass is 9.83. The van der Waals surface area contributed by atoms with Crippen LogP contribution in [0.25, 0.3) is 0 Å². The van der Waals surface area contributed by atoms with Gasteiger partial charge in [0.25, 0.3) is 0 Å². The van der Waals surface area contributed by atoms with E-state index in [1.165, 1.54) is 32.1 Å². The van der Waals surface area contributed by atoms with E-state index in [4.69, 9.17) is 18.0 Å². The molecule has 15 heavy (non-hydrogen) atoms. The SMILES string of the molecule is CCC1CCCC(N(C)CCC(N)=S)C1. The molecule has 2 nitrogen and oxygen atoms in total. The molecule has 1 rings (SSSR count). The van der Waals surface area contributed by atoms with Crippen LogP contribution in [-0.4, -0.2) is 29.5 Å². The van der Waals surface area contributed by atoms with Gasteiger partial charge < -0.3 is 10.6 Å². The van der Waals surface area contributed by atoms with E-state index in [0.29, 0.717) is 4.99 Å². The Hall–Kier alpha value is -0.150. The molecule has 3 heteroatoms. The Morgan fingerprint density at radius 3 is 2.80 bits per heavy atom. The van der Waals surface area contributed by atoms with Crippen molar-refractivity contribution in [2.45, 2.75) is 51.5 Å². The highest BCUT2D eigenvalue weighted by Gasteiger charge is 2.23. The summed E-state index contributed by atoms with van der Waals surface area (Å²) in [5, 5.41) is 0.